The van der Waals surface area contributed by atoms with E-state index >= 15 is 0 Å². The molecule has 21 heavy (non-hydrogen) atoms. The van der Waals surface area contributed by atoms with Crippen LogP contribution in [0.1, 0.15) is 51.6 Å². The molecule has 1 aromatic carbocycles. The van der Waals surface area contributed by atoms with Crippen LogP contribution in [-0.4, -0.2) is 31.1 Å². The zero-order valence-corrected chi connectivity index (χ0v) is 15.3. The quantitative estimate of drug-likeness (QED) is 0.714. The van der Waals surface area contributed by atoms with Crippen molar-refractivity contribution in [2.45, 2.75) is 52.1 Å². The summed E-state index contributed by atoms with van der Waals surface area (Å²) < 4.78 is 6.47. The van der Waals surface area contributed by atoms with Gasteiger partial charge in [-0.3, -0.25) is 4.90 Å². The molecular formula is C17H29BrN2O. The first kappa shape index (κ1) is 18.5. The van der Waals surface area contributed by atoms with E-state index < -0.39 is 0 Å². The molecule has 2 atom stereocenters. The van der Waals surface area contributed by atoms with Gasteiger partial charge < -0.3 is 10.5 Å². The van der Waals surface area contributed by atoms with Crippen molar-refractivity contribution in [2.24, 2.45) is 5.73 Å². The molecule has 1 aromatic rings. The summed E-state index contributed by atoms with van der Waals surface area (Å²) in [6.45, 7) is 8.44. The number of halogens is 1. The first-order chi connectivity index (χ1) is 10.1. The standard InChI is InChI=1S/C17H29BrN2O/c1-5-7-10-20(13(3)6-2)17(12-19)15-11-14(21-4)8-9-16(15)18/h8-9,11,13,17H,5-7,10,12,19H2,1-4H3. The molecule has 0 saturated carbocycles. The van der Waals surface area contributed by atoms with E-state index in [0.717, 1.165) is 23.2 Å². The molecule has 2 N–H and O–H groups in total. The predicted molar refractivity (Wildman–Crippen MR) is 93.9 cm³/mol. The molecule has 0 bridgehead atoms. The highest BCUT2D eigenvalue weighted by molar-refractivity contribution is 9.10. The van der Waals surface area contributed by atoms with Gasteiger partial charge in [0.15, 0.2) is 0 Å². The van der Waals surface area contributed by atoms with E-state index in [9.17, 15) is 0 Å². The van der Waals surface area contributed by atoms with E-state index in [0.29, 0.717) is 12.6 Å². The van der Waals surface area contributed by atoms with Crippen molar-refractivity contribution in [3.63, 3.8) is 0 Å². The second kappa shape index (κ2) is 9.44. The third kappa shape index (κ3) is 4.97. The molecule has 3 nitrogen and oxygen atoms in total. The number of methoxy groups -OCH3 is 1. The number of ether oxygens (including phenoxy) is 1. The Morgan fingerprint density at radius 1 is 1.33 bits per heavy atom. The van der Waals surface area contributed by atoms with Gasteiger partial charge >= 0.3 is 0 Å². The van der Waals surface area contributed by atoms with Crippen LogP contribution >= 0.6 is 15.9 Å². The molecule has 4 heteroatoms. The fraction of sp³-hybridized carbons (Fsp3) is 0.647. The van der Waals surface area contributed by atoms with Gasteiger partial charge in [0, 0.05) is 23.1 Å². The average Bonchev–Trinajstić information content (AvgIpc) is 2.51. The Morgan fingerprint density at radius 2 is 2.05 bits per heavy atom. The van der Waals surface area contributed by atoms with Gasteiger partial charge in [-0.1, -0.05) is 36.2 Å². The van der Waals surface area contributed by atoms with Crippen molar-refractivity contribution in [2.75, 3.05) is 20.2 Å². The summed E-state index contributed by atoms with van der Waals surface area (Å²) in [5, 5.41) is 0. The SMILES string of the molecule is CCCCN(C(C)CC)C(CN)c1cc(OC)ccc1Br. The molecule has 0 aliphatic rings. The highest BCUT2D eigenvalue weighted by Gasteiger charge is 2.24. The van der Waals surface area contributed by atoms with E-state index in [2.05, 4.69) is 47.7 Å². The predicted octanol–water partition coefficient (Wildman–Crippen LogP) is 4.36. The molecular weight excluding hydrogens is 328 g/mol. The van der Waals surface area contributed by atoms with E-state index in [-0.39, 0.29) is 6.04 Å². The van der Waals surface area contributed by atoms with Crippen LogP contribution < -0.4 is 10.5 Å². The molecule has 0 fully saturated rings. The van der Waals surface area contributed by atoms with E-state index in [1.165, 1.54) is 18.4 Å². The second-order valence-corrected chi connectivity index (χ2v) is 6.34. The lowest BCUT2D eigenvalue weighted by atomic mass is 10.0. The smallest absolute Gasteiger partial charge is 0.119 e. The number of hydrogen-bond acceptors (Lipinski definition) is 3. The molecule has 1 rings (SSSR count). The summed E-state index contributed by atoms with van der Waals surface area (Å²) in [6, 6.07) is 6.86. The van der Waals surface area contributed by atoms with Crippen LogP contribution in [0.4, 0.5) is 0 Å². The summed E-state index contributed by atoms with van der Waals surface area (Å²) in [7, 11) is 1.70. The Morgan fingerprint density at radius 3 is 2.57 bits per heavy atom. The Labute approximate surface area is 138 Å². The molecule has 0 aliphatic heterocycles. The second-order valence-electron chi connectivity index (χ2n) is 5.49. The van der Waals surface area contributed by atoms with Gasteiger partial charge in [0.1, 0.15) is 5.75 Å². The van der Waals surface area contributed by atoms with Gasteiger partial charge in [0.25, 0.3) is 0 Å². The highest BCUT2D eigenvalue weighted by Crippen LogP contribution is 2.32. The lowest BCUT2D eigenvalue weighted by Crippen LogP contribution is -2.40. The maximum Gasteiger partial charge on any atom is 0.119 e. The summed E-state index contributed by atoms with van der Waals surface area (Å²) in [6.07, 6.45) is 3.52. The van der Waals surface area contributed by atoms with Crippen molar-refractivity contribution >= 4 is 15.9 Å². The molecule has 0 spiro atoms. The van der Waals surface area contributed by atoms with Crippen LogP contribution in [0.3, 0.4) is 0 Å². The van der Waals surface area contributed by atoms with Crippen LogP contribution in [-0.2, 0) is 0 Å². The van der Waals surface area contributed by atoms with Crippen molar-refractivity contribution in [3.8, 4) is 5.75 Å². The van der Waals surface area contributed by atoms with Crippen molar-refractivity contribution in [1.82, 2.24) is 4.90 Å². The normalized spacial score (nSPS) is 14.2. The number of nitrogens with zero attached hydrogens (tertiary/aromatic N) is 1. The molecule has 0 saturated heterocycles. The Hall–Kier alpha value is -0.580. The molecule has 0 aromatic heterocycles. The van der Waals surface area contributed by atoms with Gasteiger partial charge in [0.2, 0.25) is 0 Å². The van der Waals surface area contributed by atoms with Gasteiger partial charge in [-0.05, 0) is 50.1 Å². The molecule has 0 heterocycles. The van der Waals surface area contributed by atoms with Crippen molar-refractivity contribution in [3.05, 3.63) is 28.2 Å². The lowest BCUT2D eigenvalue weighted by Gasteiger charge is -2.36. The highest BCUT2D eigenvalue weighted by atomic mass is 79.9. The van der Waals surface area contributed by atoms with Gasteiger partial charge in [-0.15, -0.1) is 0 Å². The van der Waals surface area contributed by atoms with Crippen LogP contribution in [0, 0.1) is 0 Å². The third-order valence-corrected chi connectivity index (χ3v) is 4.83. The maximum absolute atomic E-state index is 6.13. The Bertz CT molecular complexity index is 425. The van der Waals surface area contributed by atoms with E-state index in [1.807, 2.05) is 12.1 Å². The lowest BCUT2D eigenvalue weighted by molar-refractivity contribution is 0.140. The minimum absolute atomic E-state index is 0.218. The minimum atomic E-state index is 0.218. The molecule has 0 radical (unpaired) electrons. The fourth-order valence-corrected chi connectivity index (χ4v) is 3.11. The summed E-state index contributed by atoms with van der Waals surface area (Å²) >= 11 is 3.67. The average molecular weight is 357 g/mol. The number of nitrogens with two attached hydrogens (primary N) is 1. The fourth-order valence-electron chi connectivity index (χ4n) is 2.60. The number of unbranched alkanes of at least 4 members (excludes halogenated alkanes) is 1. The van der Waals surface area contributed by atoms with Gasteiger partial charge in [-0.2, -0.15) is 0 Å². The zero-order chi connectivity index (χ0) is 15.8. The summed E-state index contributed by atoms with van der Waals surface area (Å²) in [5.74, 6) is 0.881. The number of benzene rings is 1. The van der Waals surface area contributed by atoms with Crippen molar-refractivity contribution in [1.29, 1.82) is 0 Å². The van der Waals surface area contributed by atoms with E-state index in [1.54, 1.807) is 7.11 Å². The maximum atomic E-state index is 6.13. The third-order valence-electron chi connectivity index (χ3n) is 4.11. The number of hydrogen-bond donors (Lipinski definition) is 1. The molecule has 120 valence electrons. The first-order valence-corrected chi connectivity index (χ1v) is 8.67. The van der Waals surface area contributed by atoms with Crippen LogP contribution in [0.5, 0.6) is 5.75 Å². The van der Waals surface area contributed by atoms with Crippen LogP contribution in [0.25, 0.3) is 0 Å². The van der Waals surface area contributed by atoms with E-state index in [4.69, 9.17) is 10.5 Å². The Balaban J connectivity index is 3.11. The van der Waals surface area contributed by atoms with Gasteiger partial charge in [-0.25, -0.2) is 0 Å². The topological polar surface area (TPSA) is 38.5 Å². The minimum Gasteiger partial charge on any atom is -0.497 e. The molecule has 2 unspecified atom stereocenters. The van der Waals surface area contributed by atoms with Gasteiger partial charge in [0.05, 0.1) is 7.11 Å². The molecule has 0 aliphatic carbocycles. The Kier molecular flexibility index (Phi) is 8.30. The summed E-state index contributed by atoms with van der Waals surface area (Å²) in [5.41, 5.74) is 7.34. The largest absolute Gasteiger partial charge is 0.497 e. The van der Waals surface area contributed by atoms with Crippen LogP contribution in [0.15, 0.2) is 22.7 Å². The first-order valence-electron chi connectivity index (χ1n) is 7.88. The summed E-state index contributed by atoms with van der Waals surface area (Å²) in [4.78, 5) is 2.53. The van der Waals surface area contributed by atoms with Crippen molar-refractivity contribution < 1.29 is 4.74 Å². The monoisotopic (exact) mass is 356 g/mol. The molecule has 0 amide bonds. The zero-order valence-electron chi connectivity index (χ0n) is 13.7. The van der Waals surface area contributed by atoms with Crippen LogP contribution in [0.2, 0.25) is 0 Å². The number of rotatable bonds is 9.